The molecule has 0 saturated carbocycles. The molecule has 1 fully saturated rings. The Kier molecular flexibility index (Phi) is 5.44. The molecule has 2 rings (SSSR count). The fourth-order valence-electron chi connectivity index (χ4n) is 2.89. The van der Waals surface area contributed by atoms with Gasteiger partial charge in [0.25, 0.3) is 0 Å². The summed E-state index contributed by atoms with van der Waals surface area (Å²) in [6, 6.07) is 4.72. The molecule has 1 N–H and O–H groups in total. The summed E-state index contributed by atoms with van der Waals surface area (Å²) < 4.78 is 10.5. The third-order valence-electron chi connectivity index (χ3n) is 3.96. The van der Waals surface area contributed by atoms with Crippen molar-refractivity contribution in [2.24, 2.45) is 0 Å². The standard InChI is InChI=1S/C16H23NO4/c1-20-13-8-7-12(11-14(13)21-2)15(16(18)19)17-9-5-3-4-6-10-17/h7-8,11,15H,3-6,9-10H2,1-2H3,(H,18,19)/t15-/m0/s1. The first kappa shape index (κ1) is 15.6. The molecule has 0 unspecified atom stereocenters. The molecule has 116 valence electrons. The number of aliphatic carboxylic acids is 1. The number of carboxylic acids is 1. The highest BCUT2D eigenvalue weighted by Gasteiger charge is 2.28. The fourth-order valence-corrected chi connectivity index (χ4v) is 2.89. The molecule has 0 aliphatic carbocycles. The zero-order valence-electron chi connectivity index (χ0n) is 12.7. The van der Waals surface area contributed by atoms with Crippen LogP contribution in [0.1, 0.15) is 37.3 Å². The van der Waals surface area contributed by atoms with Gasteiger partial charge < -0.3 is 14.6 Å². The highest BCUT2D eigenvalue weighted by molar-refractivity contribution is 5.76. The van der Waals surface area contributed by atoms with Crippen molar-refractivity contribution in [2.45, 2.75) is 31.7 Å². The molecule has 0 aromatic heterocycles. The van der Waals surface area contributed by atoms with Gasteiger partial charge in [0.1, 0.15) is 6.04 Å². The second kappa shape index (κ2) is 7.31. The van der Waals surface area contributed by atoms with Gasteiger partial charge in [-0.05, 0) is 43.6 Å². The van der Waals surface area contributed by atoms with Crippen LogP contribution in [0, 0.1) is 0 Å². The van der Waals surface area contributed by atoms with Crippen LogP contribution in [0.4, 0.5) is 0 Å². The van der Waals surface area contributed by atoms with Gasteiger partial charge >= 0.3 is 5.97 Å². The minimum atomic E-state index is -0.816. The average Bonchev–Trinajstić information content (AvgIpc) is 2.76. The van der Waals surface area contributed by atoms with Gasteiger partial charge in [0.15, 0.2) is 11.5 Å². The molecular formula is C16H23NO4. The number of carboxylic acid groups (broad SMARTS) is 1. The van der Waals surface area contributed by atoms with Crippen molar-refractivity contribution in [3.8, 4) is 11.5 Å². The molecule has 5 heteroatoms. The van der Waals surface area contributed by atoms with Crippen LogP contribution >= 0.6 is 0 Å². The Bertz CT molecular complexity index is 481. The Hall–Kier alpha value is -1.75. The SMILES string of the molecule is COc1ccc([C@@H](C(=O)O)N2CCCCCC2)cc1OC. The Morgan fingerprint density at radius 3 is 2.24 bits per heavy atom. The lowest BCUT2D eigenvalue weighted by atomic mass is 10.0. The molecule has 0 spiro atoms. The second-order valence-electron chi connectivity index (χ2n) is 5.31. The average molecular weight is 293 g/mol. The predicted octanol–water partition coefficient (Wildman–Crippen LogP) is 2.71. The van der Waals surface area contributed by atoms with E-state index in [1.165, 1.54) is 12.8 Å². The lowest BCUT2D eigenvalue weighted by molar-refractivity contribution is -0.143. The lowest BCUT2D eigenvalue weighted by Crippen LogP contribution is -2.34. The van der Waals surface area contributed by atoms with Gasteiger partial charge in [0.2, 0.25) is 0 Å². The van der Waals surface area contributed by atoms with Gasteiger partial charge in [-0.3, -0.25) is 9.69 Å². The zero-order chi connectivity index (χ0) is 15.2. The normalized spacial score (nSPS) is 17.8. The molecule has 0 radical (unpaired) electrons. The topological polar surface area (TPSA) is 59.0 Å². The number of hydrogen-bond donors (Lipinski definition) is 1. The number of nitrogens with zero attached hydrogens (tertiary/aromatic N) is 1. The molecule has 1 aliphatic heterocycles. The summed E-state index contributed by atoms with van der Waals surface area (Å²) in [6.45, 7) is 1.65. The predicted molar refractivity (Wildman–Crippen MR) is 80.0 cm³/mol. The van der Waals surface area contributed by atoms with E-state index in [4.69, 9.17) is 9.47 Å². The minimum absolute atomic E-state index is 0.566. The van der Waals surface area contributed by atoms with Crippen molar-refractivity contribution in [1.29, 1.82) is 0 Å². The van der Waals surface area contributed by atoms with Crippen LogP contribution in [-0.4, -0.2) is 43.3 Å². The van der Waals surface area contributed by atoms with Crippen molar-refractivity contribution in [1.82, 2.24) is 4.90 Å². The number of benzene rings is 1. The molecule has 1 aliphatic rings. The Morgan fingerprint density at radius 2 is 1.71 bits per heavy atom. The molecule has 5 nitrogen and oxygen atoms in total. The summed E-state index contributed by atoms with van der Waals surface area (Å²) in [4.78, 5) is 13.8. The number of methoxy groups -OCH3 is 2. The van der Waals surface area contributed by atoms with E-state index in [1.54, 1.807) is 26.4 Å². The van der Waals surface area contributed by atoms with Gasteiger partial charge in [-0.15, -0.1) is 0 Å². The zero-order valence-corrected chi connectivity index (χ0v) is 12.7. The smallest absolute Gasteiger partial charge is 0.325 e. The highest BCUT2D eigenvalue weighted by Crippen LogP contribution is 2.32. The van der Waals surface area contributed by atoms with Crippen LogP contribution in [-0.2, 0) is 4.79 Å². The number of likely N-dealkylation sites (tertiary alicyclic amines) is 1. The second-order valence-corrected chi connectivity index (χ2v) is 5.31. The van der Waals surface area contributed by atoms with E-state index >= 15 is 0 Å². The van der Waals surface area contributed by atoms with Crippen LogP contribution in [0.2, 0.25) is 0 Å². The third-order valence-corrected chi connectivity index (χ3v) is 3.96. The molecule has 1 heterocycles. The van der Waals surface area contributed by atoms with Crippen molar-refractivity contribution < 1.29 is 19.4 Å². The van der Waals surface area contributed by atoms with Crippen LogP contribution < -0.4 is 9.47 Å². The van der Waals surface area contributed by atoms with E-state index in [9.17, 15) is 9.90 Å². The highest BCUT2D eigenvalue weighted by atomic mass is 16.5. The van der Waals surface area contributed by atoms with E-state index < -0.39 is 12.0 Å². The Balaban J connectivity index is 2.31. The molecule has 1 aromatic rings. The van der Waals surface area contributed by atoms with E-state index in [1.807, 2.05) is 6.07 Å². The van der Waals surface area contributed by atoms with Crippen molar-refractivity contribution >= 4 is 5.97 Å². The summed E-state index contributed by atoms with van der Waals surface area (Å²) in [7, 11) is 3.13. The molecule has 1 atom stereocenters. The minimum Gasteiger partial charge on any atom is -0.493 e. The number of ether oxygens (including phenoxy) is 2. The Morgan fingerprint density at radius 1 is 1.10 bits per heavy atom. The quantitative estimate of drug-likeness (QED) is 0.904. The van der Waals surface area contributed by atoms with Crippen molar-refractivity contribution in [2.75, 3.05) is 27.3 Å². The summed E-state index contributed by atoms with van der Waals surface area (Å²) in [5.41, 5.74) is 0.738. The number of carbonyl (C=O) groups is 1. The summed E-state index contributed by atoms with van der Waals surface area (Å²) in [6.07, 6.45) is 4.46. The maximum absolute atomic E-state index is 11.8. The van der Waals surface area contributed by atoms with E-state index in [-0.39, 0.29) is 0 Å². The maximum Gasteiger partial charge on any atom is 0.325 e. The first-order valence-electron chi connectivity index (χ1n) is 7.36. The Labute approximate surface area is 125 Å². The van der Waals surface area contributed by atoms with E-state index in [0.717, 1.165) is 31.5 Å². The first-order chi connectivity index (χ1) is 10.2. The molecule has 1 aromatic carbocycles. The van der Waals surface area contributed by atoms with Crippen LogP contribution in [0.15, 0.2) is 18.2 Å². The van der Waals surface area contributed by atoms with Gasteiger partial charge in [-0.1, -0.05) is 18.9 Å². The third kappa shape index (κ3) is 3.67. The van der Waals surface area contributed by atoms with Crippen molar-refractivity contribution in [3.05, 3.63) is 23.8 Å². The van der Waals surface area contributed by atoms with Gasteiger partial charge in [-0.25, -0.2) is 0 Å². The molecule has 1 saturated heterocycles. The lowest BCUT2D eigenvalue weighted by Gasteiger charge is -2.28. The van der Waals surface area contributed by atoms with Gasteiger partial charge in [0.05, 0.1) is 14.2 Å². The fraction of sp³-hybridized carbons (Fsp3) is 0.562. The van der Waals surface area contributed by atoms with Crippen molar-refractivity contribution in [3.63, 3.8) is 0 Å². The van der Waals surface area contributed by atoms with E-state index in [2.05, 4.69) is 4.90 Å². The first-order valence-corrected chi connectivity index (χ1v) is 7.36. The largest absolute Gasteiger partial charge is 0.493 e. The van der Waals surface area contributed by atoms with Crippen LogP contribution in [0.25, 0.3) is 0 Å². The molecule has 21 heavy (non-hydrogen) atoms. The monoisotopic (exact) mass is 293 g/mol. The summed E-state index contributed by atoms with van der Waals surface area (Å²) in [5.74, 6) is 0.362. The number of hydrogen-bond acceptors (Lipinski definition) is 4. The molecular weight excluding hydrogens is 270 g/mol. The van der Waals surface area contributed by atoms with Gasteiger partial charge in [0, 0.05) is 0 Å². The molecule has 0 amide bonds. The van der Waals surface area contributed by atoms with Crippen LogP contribution in [0.5, 0.6) is 11.5 Å². The maximum atomic E-state index is 11.8. The van der Waals surface area contributed by atoms with Crippen LogP contribution in [0.3, 0.4) is 0 Å². The summed E-state index contributed by atoms with van der Waals surface area (Å²) in [5, 5.41) is 9.65. The number of rotatable bonds is 5. The van der Waals surface area contributed by atoms with Gasteiger partial charge in [-0.2, -0.15) is 0 Å². The summed E-state index contributed by atoms with van der Waals surface area (Å²) >= 11 is 0. The van der Waals surface area contributed by atoms with E-state index in [0.29, 0.717) is 11.5 Å². The molecule has 0 bridgehead atoms.